The molecule has 8 nitrogen and oxygen atoms in total. The molecule has 0 radical (unpaired) electrons. The van der Waals surface area contributed by atoms with Crippen LogP contribution >= 0.6 is 0 Å². The second-order valence-corrected chi connectivity index (χ2v) is 5.44. The molecule has 0 fully saturated rings. The Morgan fingerprint density at radius 3 is 2.60 bits per heavy atom. The largest absolute Gasteiger partial charge is 0.480 e. The van der Waals surface area contributed by atoms with Gasteiger partial charge in [-0.1, -0.05) is 0 Å². The SMILES string of the molecule is O=C(O)Cn1cc(S(=O)(=O)NCC(O)C(F)(F)F)cn1. The zero-order valence-electron chi connectivity index (χ0n) is 9.70. The van der Waals surface area contributed by atoms with Crippen molar-refractivity contribution >= 4 is 16.0 Å². The monoisotopic (exact) mass is 317 g/mol. The number of carboxylic acid groups (broad SMARTS) is 1. The lowest BCUT2D eigenvalue weighted by Gasteiger charge is -2.14. The summed E-state index contributed by atoms with van der Waals surface area (Å²) in [5.41, 5.74) is 0. The van der Waals surface area contributed by atoms with Gasteiger partial charge >= 0.3 is 12.1 Å². The number of carboxylic acids is 1. The molecule has 1 heterocycles. The summed E-state index contributed by atoms with van der Waals surface area (Å²) in [5.74, 6) is -1.27. The number of hydrogen-bond donors (Lipinski definition) is 3. The highest BCUT2D eigenvalue weighted by Gasteiger charge is 2.38. The minimum Gasteiger partial charge on any atom is -0.480 e. The lowest BCUT2D eigenvalue weighted by molar-refractivity contribution is -0.200. The smallest absolute Gasteiger partial charge is 0.415 e. The number of rotatable bonds is 6. The van der Waals surface area contributed by atoms with E-state index in [4.69, 9.17) is 10.2 Å². The van der Waals surface area contributed by atoms with Gasteiger partial charge in [-0.05, 0) is 0 Å². The molecule has 0 spiro atoms. The van der Waals surface area contributed by atoms with Crippen LogP contribution in [-0.2, 0) is 21.4 Å². The van der Waals surface area contributed by atoms with Crippen LogP contribution in [0.5, 0.6) is 0 Å². The van der Waals surface area contributed by atoms with E-state index in [1.54, 1.807) is 4.72 Å². The molecular formula is C8H10F3N3O5S. The van der Waals surface area contributed by atoms with Crippen molar-refractivity contribution in [3.05, 3.63) is 12.4 Å². The number of carbonyl (C=O) groups is 1. The van der Waals surface area contributed by atoms with E-state index in [-0.39, 0.29) is 0 Å². The van der Waals surface area contributed by atoms with Gasteiger partial charge in [-0.3, -0.25) is 9.48 Å². The molecule has 20 heavy (non-hydrogen) atoms. The third-order valence-electron chi connectivity index (χ3n) is 2.06. The number of aromatic nitrogens is 2. The van der Waals surface area contributed by atoms with Crippen molar-refractivity contribution in [2.45, 2.75) is 23.7 Å². The number of aliphatic hydroxyl groups excluding tert-OH is 1. The number of aliphatic carboxylic acids is 1. The van der Waals surface area contributed by atoms with Gasteiger partial charge < -0.3 is 10.2 Å². The van der Waals surface area contributed by atoms with Crippen molar-refractivity contribution in [1.82, 2.24) is 14.5 Å². The average Bonchev–Trinajstić information content (AvgIpc) is 2.72. The fourth-order valence-corrected chi connectivity index (χ4v) is 2.09. The molecule has 0 saturated carbocycles. The zero-order valence-corrected chi connectivity index (χ0v) is 10.5. The maximum Gasteiger partial charge on any atom is 0.415 e. The van der Waals surface area contributed by atoms with Crippen LogP contribution in [0.2, 0.25) is 0 Å². The van der Waals surface area contributed by atoms with Gasteiger partial charge in [-0.2, -0.15) is 18.3 Å². The van der Waals surface area contributed by atoms with E-state index in [1.165, 1.54) is 0 Å². The minimum absolute atomic E-state index is 0.506. The van der Waals surface area contributed by atoms with Crippen LogP contribution < -0.4 is 4.72 Å². The van der Waals surface area contributed by atoms with Gasteiger partial charge in [0.05, 0.1) is 6.20 Å². The van der Waals surface area contributed by atoms with Crippen LogP contribution in [-0.4, -0.2) is 53.2 Å². The molecule has 1 aromatic rings. The summed E-state index contributed by atoms with van der Waals surface area (Å²) in [7, 11) is -4.32. The number of nitrogens with zero attached hydrogens (tertiary/aromatic N) is 2. The predicted octanol–water partition coefficient (Wildman–Crippen LogP) is -0.831. The van der Waals surface area contributed by atoms with E-state index < -0.39 is 46.3 Å². The van der Waals surface area contributed by atoms with E-state index in [9.17, 15) is 26.4 Å². The molecule has 0 aliphatic rings. The Morgan fingerprint density at radius 1 is 1.50 bits per heavy atom. The molecule has 0 saturated heterocycles. The van der Waals surface area contributed by atoms with Crippen LogP contribution in [0.1, 0.15) is 0 Å². The van der Waals surface area contributed by atoms with E-state index >= 15 is 0 Å². The van der Waals surface area contributed by atoms with Crippen molar-refractivity contribution in [2.75, 3.05) is 6.54 Å². The highest BCUT2D eigenvalue weighted by Crippen LogP contribution is 2.19. The molecule has 3 N–H and O–H groups in total. The quantitative estimate of drug-likeness (QED) is 0.629. The third kappa shape index (κ3) is 4.47. The second kappa shape index (κ2) is 5.76. The maximum absolute atomic E-state index is 12.0. The summed E-state index contributed by atoms with van der Waals surface area (Å²) < 4.78 is 61.5. The number of aliphatic hydroxyl groups is 1. The summed E-state index contributed by atoms with van der Waals surface area (Å²) in [6.45, 7) is -1.85. The molecule has 1 rings (SSSR count). The Bertz CT molecular complexity index is 582. The van der Waals surface area contributed by atoms with Crippen LogP contribution in [0.4, 0.5) is 13.2 Å². The summed E-state index contributed by atoms with van der Waals surface area (Å²) in [6, 6.07) is 0. The number of sulfonamides is 1. The van der Waals surface area contributed by atoms with Gasteiger partial charge in [-0.25, -0.2) is 13.1 Å². The Labute approximate surface area is 110 Å². The zero-order chi connectivity index (χ0) is 15.6. The molecule has 0 aliphatic carbocycles. The van der Waals surface area contributed by atoms with Gasteiger partial charge in [0, 0.05) is 12.7 Å². The van der Waals surface area contributed by atoms with E-state index in [2.05, 4.69) is 5.10 Å². The van der Waals surface area contributed by atoms with Crippen molar-refractivity contribution in [3.63, 3.8) is 0 Å². The molecule has 12 heteroatoms. The van der Waals surface area contributed by atoms with Gasteiger partial charge in [0.15, 0.2) is 6.10 Å². The van der Waals surface area contributed by atoms with Crippen molar-refractivity contribution in [1.29, 1.82) is 0 Å². The molecule has 114 valence electrons. The standard InChI is InChI=1S/C8H10F3N3O5S/c9-8(10,11)6(15)2-13-20(18,19)5-1-12-14(3-5)4-7(16)17/h1,3,6,13,15H,2,4H2,(H,16,17). The first-order valence-electron chi connectivity index (χ1n) is 5.01. The first-order chi connectivity index (χ1) is 9.02. The number of halogens is 3. The molecule has 1 unspecified atom stereocenters. The lowest BCUT2D eigenvalue weighted by atomic mass is 10.4. The maximum atomic E-state index is 12.0. The van der Waals surface area contributed by atoms with Crippen molar-refractivity contribution < 1.29 is 36.6 Å². The summed E-state index contributed by atoms with van der Waals surface area (Å²) in [4.78, 5) is 9.86. The first kappa shape index (κ1) is 16.4. The highest BCUT2D eigenvalue weighted by molar-refractivity contribution is 7.89. The first-order valence-corrected chi connectivity index (χ1v) is 6.49. The number of hydrogen-bond acceptors (Lipinski definition) is 5. The topological polar surface area (TPSA) is 122 Å². The minimum atomic E-state index is -4.95. The molecule has 1 atom stereocenters. The molecule has 0 aliphatic heterocycles. The Kier molecular flexibility index (Phi) is 4.73. The molecule has 0 aromatic carbocycles. The molecule has 0 amide bonds. The Hall–Kier alpha value is -1.66. The van der Waals surface area contributed by atoms with E-state index in [0.717, 1.165) is 17.1 Å². The second-order valence-electron chi connectivity index (χ2n) is 3.68. The normalized spacial score (nSPS) is 14.2. The molecular weight excluding hydrogens is 307 g/mol. The number of nitrogens with one attached hydrogen (secondary N) is 1. The molecule has 0 bridgehead atoms. The fourth-order valence-electron chi connectivity index (χ4n) is 1.10. The van der Waals surface area contributed by atoms with Crippen LogP contribution in [0.15, 0.2) is 17.3 Å². The Morgan fingerprint density at radius 2 is 2.10 bits per heavy atom. The van der Waals surface area contributed by atoms with Crippen LogP contribution in [0, 0.1) is 0 Å². The Balaban J connectivity index is 2.74. The van der Waals surface area contributed by atoms with Gasteiger partial charge in [0.25, 0.3) is 0 Å². The van der Waals surface area contributed by atoms with E-state index in [0.29, 0.717) is 0 Å². The average molecular weight is 317 g/mol. The summed E-state index contributed by atoms with van der Waals surface area (Å²) in [6.07, 6.45) is -6.16. The summed E-state index contributed by atoms with van der Waals surface area (Å²) >= 11 is 0. The molecule has 1 aromatic heterocycles. The fraction of sp³-hybridized carbons (Fsp3) is 0.500. The number of alkyl halides is 3. The third-order valence-corrected chi connectivity index (χ3v) is 3.44. The lowest BCUT2D eigenvalue weighted by Crippen LogP contribution is -2.40. The predicted molar refractivity (Wildman–Crippen MR) is 57.1 cm³/mol. The van der Waals surface area contributed by atoms with Crippen LogP contribution in [0.3, 0.4) is 0 Å². The van der Waals surface area contributed by atoms with Crippen molar-refractivity contribution in [2.24, 2.45) is 0 Å². The van der Waals surface area contributed by atoms with Crippen molar-refractivity contribution in [3.8, 4) is 0 Å². The summed E-state index contributed by atoms with van der Waals surface area (Å²) in [5, 5.41) is 20.6. The van der Waals surface area contributed by atoms with E-state index in [1.807, 2.05) is 0 Å². The highest BCUT2D eigenvalue weighted by atomic mass is 32.2. The van der Waals surface area contributed by atoms with Crippen LogP contribution in [0.25, 0.3) is 0 Å². The van der Waals surface area contributed by atoms with Gasteiger partial charge in [-0.15, -0.1) is 0 Å². The van der Waals surface area contributed by atoms with Gasteiger partial charge in [0.2, 0.25) is 10.0 Å². The van der Waals surface area contributed by atoms with Gasteiger partial charge in [0.1, 0.15) is 11.4 Å².